The van der Waals surface area contributed by atoms with Crippen LogP contribution in [-0.4, -0.2) is 65.3 Å². The summed E-state index contributed by atoms with van der Waals surface area (Å²) in [5.41, 5.74) is 0.818. The van der Waals surface area contributed by atoms with E-state index >= 15 is 0 Å². The molecule has 5 rings (SSSR count). The molecule has 3 aromatic rings. The normalized spacial score (nSPS) is 21.2. The molecule has 2 aliphatic heterocycles. The fourth-order valence-corrected chi connectivity index (χ4v) is 4.87. The van der Waals surface area contributed by atoms with Gasteiger partial charge < -0.3 is 10.2 Å². The van der Waals surface area contributed by atoms with Gasteiger partial charge in [0, 0.05) is 32.7 Å². The van der Waals surface area contributed by atoms with E-state index in [0.29, 0.717) is 18.7 Å². The number of rotatable bonds is 5. The molecule has 0 radical (unpaired) electrons. The molecule has 1 N–H and O–H groups in total. The molecule has 34 heavy (non-hydrogen) atoms. The number of nitrogens with one attached hydrogen (secondary N) is 1. The lowest BCUT2D eigenvalue weighted by molar-refractivity contribution is -0.139. The van der Waals surface area contributed by atoms with E-state index in [1.807, 2.05) is 24.3 Å². The molecule has 2 aliphatic rings. The summed E-state index contributed by atoms with van der Waals surface area (Å²) in [5.74, 6) is -0.600. The number of carbonyl (C=O) groups is 3. The molecule has 2 heterocycles. The number of hydrogen-bond acceptors (Lipinski definition) is 4. The molecule has 3 aromatic carbocycles. The van der Waals surface area contributed by atoms with Gasteiger partial charge in [0.2, 0.25) is 5.91 Å². The number of amides is 4. The van der Waals surface area contributed by atoms with Crippen molar-refractivity contribution in [3.63, 3.8) is 0 Å². The van der Waals surface area contributed by atoms with Gasteiger partial charge in [-0.2, -0.15) is 0 Å². The Morgan fingerprint density at radius 2 is 1.56 bits per heavy atom. The minimum absolute atomic E-state index is 0.203. The Morgan fingerprint density at radius 3 is 2.32 bits per heavy atom. The van der Waals surface area contributed by atoms with Gasteiger partial charge in [0.15, 0.2) is 0 Å². The van der Waals surface area contributed by atoms with Crippen LogP contribution in [0.5, 0.6) is 0 Å². The molecule has 0 bridgehead atoms. The SMILES string of the molecule is C[C@]1(c2ccccc2)NC(=O)N(CC(=O)N2CCN(Cc3cccc4ccccc34)CC2)C1=O. The third-order valence-corrected chi connectivity index (χ3v) is 6.92. The molecule has 0 spiro atoms. The summed E-state index contributed by atoms with van der Waals surface area (Å²) in [5, 5.41) is 5.24. The minimum Gasteiger partial charge on any atom is -0.339 e. The average Bonchev–Trinajstić information content (AvgIpc) is 3.09. The van der Waals surface area contributed by atoms with Crippen LogP contribution < -0.4 is 5.32 Å². The van der Waals surface area contributed by atoms with Crippen molar-refractivity contribution in [3.8, 4) is 0 Å². The fourth-order valence-electron chi connectivity index (χ4n) is 4.87. The first-order chi connectivity index (χ1) is 16.5. The van der Waals surface area contributed by atoms with E-state index in [4.69, 9.17) is 0 Å². The quantitative estimate of drug-likeness (QED) is 0.599. The molecule has 0 aliphatic carbocycles. The first-order valence-electron chi connectivity index (χ1n) is 11.6. The summed E-state index contributed by atoms with van der Waals surface area (Å²) >= 11 is 0. The highest BCUT2D eigenvalue weighted by Gasteiger charge is 2.49. The predicted molar refractivity (Wildman–Crippen MR) is 130 cm³/mol. The highest BCUT2D eigenvalue weighted by atomic mass is 16.2. The lowest BCUT2D eigenvalue weighted by Crippen LogP contribution is -2.51. The van der Waals surface area contributed by atoms with Crippen LogP contribution in [0.1, 0.15) is 18.1 Å². The smallest absolute Gasteiger partial charge is 0.325 e. The van der Waals surface area contributed by atoms with Gasteiger partial charge >= 0.3 is 6.03 Å². The Bertz CT molecular complexity index is 1230. The monoisotopic (exact) mass is 456 g/mol. The maximum atomic E-state index is 13.1. The zero-order valence-corrected chi connectivity index (χ0v) is 19.2. The maximum Gasteiger partial charge on any atom is 0.325 e. The van der Waals surface area contributed by atoms with Crippen molar-refractivity contribution >= 4 is 28.6 Å². The van der Waals surface area contributed by atoms with Crippen LogP contribution in [0.15, 0.2) is 72.8 Å². The third-order valence-electron chi connectivity index (χ3n) is 6.92. The van der Waals surface area contributed by atoms with Gasteiger partial charge in [-0.3, -0.25) is 19.4 Å². The average molecular weight is 457 g/mol. The summed E-state index contributed by atoms with van der Waals surface area (Å²) in [4.78, 5) is 43.7. The van der Waals surface area contributed by atoms with E-state index in [2.05, 4.69) is 46.6 Å². The number of urea groups is 1. The Hall–Kier alpha value is -3.71. The van der Waals surface area contributed by atoms with Crippen molar-refractivity contribution in [3.05, 3.63) is 83.9 Å². The lowest BCUT2D eigenvalue weighted by atomic mass is 9.92. The molecule has 1 atom stereocenters. The van der Waals surface area contributed by atoms with Crippen LogP contribution in [0.4, 0.5) is 4.79 Å². The second-order valence-electron chi connectivity index (χ2n) is 9.11. The van der Waals surface area contributed by atoms with E-state index in [1.54, 1.807) is 24.0 Å². The van der Waals surface area contributed by atoms with Gasteiger partial charge in [0.05, 0.1) is 0 Å². The highest BCUT2D eigenvalue weighted by Crippen LogP contribution is 2.28. The molecule has 0 unspecified atom stereocenters. The molecule has 174 valence electrons. The number of hydrogen-bond donors (Lipinski definition) is 1. The number of carbonyl (C=O) groups excluding carboxylic acids is 3. The second kappa shape index (κ2) is 8.91. The molecule has 2 fully saturated rings. The van der Waals surface area contributed by atoms with Gasteiger partial charge in [-0.15, -0.1) is 0 Å². The summed E-state index contributed by atoms with van der Waals surface area (Å²) in [6.45, 7) is 4.90. The molecule has 2 saturated heterocycles. The zero-order chi connectivity index (χ0) is 23.7. The number of imide groups is 1. The lowest BCUT2D eigenvalue weighted by Gasteiger charge is -2.35. The zero-order valence-electron chi connectivity index (χ0n) is 19.2. The van der Waals surface area contributed by atoms with Crippen LogP contribution in [0, 0.1) is 0 Å². The van der Waals surface area contributed by atoms with Crippen molar-refractivity contribution in [1.82, 2.24) is 20.0 Å². The summed E-state index contributed by atoms with van der Waals surface area (Å²) < 4.78 is 0. The fraction of sp³-hybridized carbons (Fsp3) is 0.296. The topological polar surface area (TPSA) is 73.0 Å². The van der Waals surface area contributed by atoms with Crippen LogP contribution in [0.2, 0.25) is 0 Å². The van der Waals surface area contributed by atoms with Crippen molar-refractivity contribution < 1.29 is 14.4 Å². The molecule has 7 nitrogen and oxygen atoms in total. The standard InChI is InChI=1S/C27H28N4O3/c1-27(22-11-3-2-4-12-22)25(33)31(26(34)28-27)19-24(32)30-16-14-29(15-17-30)18-21-10-7-9-20-8-5-6-13-23(20)21/h2-13H,14-19H2,1H3,(H,28,34)/t27-/m1/s1. The van der Waals surface area contributed by atoms with E-state index < -0.39 is 17.5 Å². The summed E-state index contributed by atoms with van der Waals surface area (Å²) in [6.07, 6.45) is 0. The van der Waals surface area contributed by atoms with Crippen LogP contribution in [-0.2, 0) is 21.7 Å². The summed E-state index contributed by atoms with van der Waals surface area (Å²) in [7, 11) is 0. The number of benzene rings is 3. The molecule has 0 saturated carbocycles. The molecule has 7 heteroatoms. The molecule has 0 aromatic heterocycles. The highest BCUT2D eigenvalue weighted by molar-refractivity contribution is 6.09. The van der Waals surface area contributed by atoms with Gasteiger partial charge in [-0.05, 0) is 28.8 Å². The minimum atomic E-state index is -1.16. The van der Waals surface area contributed by atoms with Crippen LogP contribution in [0.3, 0.4) is 0 Å². The predicted octanol–water partition coefficient (Wildman–Crippen LogP) is 2.95. The van der Waals surface area contributed by atoms with E-state index in [0.717, 1.165) is 24.5 Å². The van der Waals surface area contributed by atoms with Crippen LogP contribution >= 0.6 is 0 Å². The third kappa shape index (κ3) is 4.03. The van der Waals surface area contributed by atoms with Crippen molar-refractivity contribution in [2.24, 2.45) is 0 Å². The maximum absolute atomic E-state index is 13.1. The van der Waals surface area contributed by atoms with Gasteiger partial charge in [-0.1, -0.05) is 72.8 Å². The number of nitrogens with zero attached hydrogens (tertiary/aromatic N) is 3. The van der Waals surface area contributed by atoms with Crippen molar-refractivity contribution in [2.45, 2.75) is 19.0 Å². The van der Waals surface area contributed by atoms with Gasteiger partial charge in [0.1, 0.15) is 12.1 Å². The van der Waals surface area contributed by atoms with Gasteiger partial charge in [-0.25, -0.2) is 4.79 Å². The van der Waals surface area contributed by atoms with Crippen molar-refractivity contribution in [2.75, 3.05) is 32.7 Å². The molecular weight excluding hydrogens is 428 g/mol. The number of piperazine rings is 1. The van der Waals surface area contributed by atoms with E-state index in [1.165, 1.54) is 16.3 Å². The first-order valence-corrected chi connectivity index (χ1v) is 11.6. The van der Waals surface area contributed by atoms with E-state index in [-0.39, 0.29) is 12.5 Å². The Labute approximate surface area is 198 Å². The largest absolute Gasteiger partial charge is 0.339 e. The first kappa shape index (κ1) is 22.1. The molecule has 4 amide bonds. The van der Waals surface area contributed by atoms with E-state index in [9.17, 15) is 14.4 Å². The number of fused-ring (bicyclic) bond motifs is 1. The summed E-state index contributed by atoms with van der Waals surface area (Å²) in [6, 6.07) is 23.3. The Morgan fingerprint density at radius 1 is 0.882 bits per heavy atom. The van der Waals surface area contributed by atoms with Crippen molar-refractivity contribution in [1.29, 1.82) is 0 Å². The second-order valence-corrected chi connectivity index (χ2v) is 9.11. The molecular formula is C27H28N4O3. The van der Waals surface area contributed by atoms with Gasteiger partial charge in [0.25, 0.3) is 5.91 Å². The Kier molecular flexibility index (Phi) is 5.79. The van der Waals surface area contributed by atoms with Crippen LogP contribution in [0.25, 0.3) is 10.8 Å². The Balaban J connectivity index is 1.19.